The SMILES string of the molecule is CCC/C=C\C/C=C\CCCCCCCC(=O)OC(COC(=O)CCCCCCC/C=C\CCCCC)COC(=O)CCCCCCCCCC/C=C\C/C=C\C/C=C\CCCCCCC. The first-order valence-corrected chi connectivity index (χ1v) is 27.9. The fourth-order valence-corrected chi connectivity index (χ4v) is 7.66. The van der Waals surface area contributed by atoms with Crippen molar-refractivity contribution >= 4 is 17.9 Å². The van der Waals surface area contributed by atoms with Crippen LogP contribution >= 0.6 is 0 Å². The Morgan fingerprint density at radius 1 is 0.303 bits per heavy atom. The molecule has 0 aromatic carbocycles. The number of carbonyl (C=O) groups excluding carboxylic acids is 3. The minimum atomic E-state index is -0.789. The Morgan fingerprint density at radius 3 is 0.955 bits per heavy atom. The minimum absolute atomic E-state index is 0.0876. The number of esters is 3. The Bertz CT molecular complexity index is 1240. The molecule has 380 valence electrons. The molecule has 0 amide bonds. The maximum absolute atomic E-state index is 12.8. The molecule has 0 radical (unpaired) electrons. The summed E-state index contributed by atoms with van der Waals surface area (Å²) in [5.74, 6) is -0.914. The summed E-state index contributed by atoms with van der Waals surface area (Å²) in [7, 11) is 0. The van der Waals surface area contributed by atoms with Crippen molar-refractivity contribution in [3.05, 3.63) is 72.9 Å². The fourth-order valence-electron chi connectivity index (χ4n) is 7.66. The number of rotatable bonds is 50. The van der Waals surface area contributed by atoms with Crippen molar-refractivity contribution in [2.45, 2.75) is 277 Å². The van der Waals surface area contributed by atoms with Crippen LogP contribution in [0, 0.1) is 0 Å². The van der Waals surface area contributed by atoms with Crippen molar-refractivity contribution in [1.29, 1.82) is 0 Å². The molecule has 0 heterocycles. The summed E-state index contributed by atoms with van der Waals surface area (Å²) < 4.78 is 16.8. The zero-order valence-electron chi connectivity index (χ0n) is 43.4. The van der Waals surface area contributed by atoms with E-state index in [0.29, 0.717) is 19.3 Å². The number of unbranched alkanes of at least 4 members (excludes halogenated alkanes) is 27. The van der Waals surface area contributed by atoms with Crippen LogP contribution in [0.1, 0.15) is 271 Å². The zero-order chi connectivity index (χ0) is 47.9. The van der Waals surface area contributed by atoms with E-state index in [1.54, 1.807) is 0 Å². The molecule has 0 saturated heterocycles. The first-order valence-electron chi connectivity index (χ1n) is 27.9. The van der Waals surface area contributed by atoms with Gasteiger partial charge in [0, 0.05) is 19.3 Å². The topological polar surface area (TPSA) is 78.9 Å². The van der Waals surface area contributed by atoms with Crippen LogP contribution in [0.15, 0.2) is 72.9 Å². The molecule has 0 aromatic heterocycles. The molecule has 0 fully saturated rings. The van der Waals surface area contributed by atoms with Crippen molar-refractivity contribution in [2.24, 2.45) is 0 Å². The highest BCUT2D eigenvalue weighted by Crippen LogP contribution is 2.14. The monoisotopic (exact) mass is 921 g/mol. The highest BCUT2D eigenvalue weighted by atomic mass is 16.6. The number of ether oxygens (including phenoxy) is 3. The van der Waals surface area contributed by atoms with E-state index in [0.717, 1.165) is 116 Å². The number of hydrogen-bond donors (Lipinski definition) is 0. The third kappa shape index (κ3) is 51.8. The number of carbonyl (C=O) groups is 3. The van der Waals surface area contributed by atoms with E-state index in [4.69, 9.17) is 14.2 Å². The summed E-state index contributed by atoms with van der Waals surface area (Å²) in [6, 6.07) is 0. The van der Waals surface area contributed by atoms with Crippen LogP contribution < -0.4 is 0 Å². The fraction of sp³-hybridized carbons (Fsp3) is 0.750. The van der Waals surface area contributed by atoms with E-state index in [-0.39, 0.29) is 31.1 Å². The Balaban J connectivity index is 4.32. The van der Waals surface area contributed by atoms with Gasteiger partial charge in [-0.05, 0) is 109 Å². The summed E-state index contributed by atoms with van der Waals surface area (Å²) in [6.45, 7) is 6.52. The normalized spacial score (nSPS) is 12.6. The molecule has 1 atom stereocenters. The highest BCUT2D eigenvalue weighted by Gasteiger charge is 2.19. The van der Waals surface area contributed by atoms with Crippen LogP contribution in [0.4, 0.5) is 0 Å². The molecule has 0 bridgehead atoms. The smallest absolute Gasteiger partial charge is 0.306 e. The van der Waals surface area contributed by atoms with Crippen molar-refractivity contribution < 1.29 is 28.6 Å². The van der Waals surface area contributed by atoms with Crippen LogP contribution in [0.3, 0.4) is 0 Å². The summed E-state index contributed by atoms with van der Waals surface area (Å²) in [5, 5.41) is 0. The lowest BCUT2D eigenvalue weighted by Gasteiger charge is -2.18. The second-order valence-corrected chi connectivity index (χ2v) is 18.5. The Labute approximate surface area is 408 Å². The molecule has 0 rings (SSSR count). The van der Waals surface area contributed by atoms with E-state index in [9.17, 15) is 14.4 Å². The summed E-state index contributed by atoms with van der Waals surface area (Å²) in [6.07, 6.45) is 68.9. The second-order valence-electron chi connectivity index (χ2n) is 18.5. The van der Waals surface area contributed by atoms with Crippen LogP contribution in [-0.2, 0) is 28.6 Å². The predicted molar refractivity (Wildman–Crippen MR) is 284 cm³/mol. The van der Waals surface area contributed by atoms with E-state index in [1.807, 2.05) is 0 Å². The maximum Gasteiger partial charge on any atom is 0.306 e. The van der Waals surface area contributed by atoms with Gasteiger partial charge in [0.1, 0.15) is 13.2 Å². The van der Waals surface area contributed by atoms with Crippen molar-refractivity contribution in [3.8, 4) is 0 Å². The summed E-state index contributed by atoms with van der Waals surface area (Å²) in [4.78, 5) is 38.0. The van der Waals surface area contributed by atoms with Crippen LogP contribution in [-0.4, -0.2) is 37.2 Å². The van der Waals surface area contributed by atoms with E-state index in [2.05, 4.69) is 93.7 Å². The van der Waals surface area contributed by atoms with Crippen LogP contribution in [0.5, 0.6) is 0 Å². The predicted octanol–water partition coefficient (Wildman–Crippen LogP) is 18.6. The quantitative estimate of drug-likeness (QED) is 0.0262. The molecule has 0 aromatic rings. The summed E-state index contributed by atoms with van der Waals surface area (Å²) in [5.41, 5.74) is 0. The Kier molecular flexibility index (Phi) is 51.9. The molecular weight excluding hydrogens is 817 g/mol. The number of allylic oxidation sites excluding steroid dienone is 12. The third-order valence-electron chi connectivity index (χ3n) is 11.9. The van der Waals surface area contributed by atoms with Gasteiger partial charge in [-0.1, -0.05) is 216 Å². The molecule has 66 heavy (non-hydrogen) atoms. The lowest BCUT2D eigenvalue weighted by Crippen LogP contribution is -2.30. The van der Waals surface area contributed by atoms with Gasteiger partial charge in [-0.15, -0.1) is 0 Å². The Morgan fingerprint density at radius 2 is 0.576 bits per heavy atom. The van der Waals surface area contributed by atoms with Crippen LogP contribution in [0.2, 0.25) is 0 Å². The van der Waals surface area contributed by atoms with Gasteiger partial charge in [-0.2, -0.15) is 0 Å². The van der Waals surface area contributed by atoms with Gasteiger partial charge in [0.15, 0.2) is 6.10 Å². The molecule has 0 N–H and O–H groups in total. The summed E-state index contributed by atoms with van der Waals surface area (Å²) >= 11 is 0. The molecule has 0 saturated carbocycles. The lowest BCUT2D eigenvalue weighted by atomic mass is 10.1. The molecule has 1 unspecified atom stereocenters. The molecule has 6 nitrogen and oxygen atoms in total. The third-order valence-corrected chi connectivity index (χ3v) is 11.9. The van der Waals surface area contributed by atoms with Gasteiger partial charge in [0.2, 0.25) is 0 Å². The average molecular weight is 921 g/mol. The van der Waals surface area contributed by atoms with Gasteiger partial charge < -0.3 is 14.2 Å². The highest BCUT2D eigenvalue weighted by molar-refractivity contribution is 5.71. The molecular formula is C60H104O6. The first kappa shape index (κ1) is 62.8. The van der Waals surface area contributed by atoms with Crippen LogP contribution in [0.25, 0.3) is 0 Å². The molecule has 0 aliphatic carbocycles. The molecule has 6 heteroatoms. The van der Waals surface area contributed by atoms with Gasteiger partial charge in [0.25, 0.3) is 0 Å². The average Bonchev–Trinajstić information content (AvgIpc) is 3.31. The number of hydrogen-bond acceptors (Lipinski definition) is 6. The van der Waals surface area contributed by atoms with Gasteiger partial charge in [-0.25, -0.2) is 0 Å². The second kappa shape index (κ2) is 54.5. The molecule has 0 aliphatic rings. The first-order chi connectivity index (χ1) is 32.5. The largest absolute Gasteiger partial charge is 0.462 e. The zero-order valence-corrected chi connectivity index (χ0v) is 43.4. The molecule has 0 aliphatic heterocycles. The minimum Gasteiger partial charge on any atom is -0.462 e. The lowest BCUT2D eigenvalue weighted by molar-refractivity contribution is -0.167. The van der Waals surface area contributed by atoms with E-state index < -0.39 is 6.10 Å². The standard InChI is InChI=1S/C60H104O6/c1-4-7-10-13-16-19-22-25-26-27-28-29-30-31-32-33-34-36-38-41-44-47-50-53-59(62)65-56-57(55-64-58(61)52-49-46-43-40-37-24-21-18-15-12-9-6-3)66-60(63)54-51-48-45-42-39-35-23-20-17-14-11-8-5-2/h11,14,18,20-23,25,27-28,30-31,57H,4-10,12-13,15-17,19,24,26,29,32-56H2,1-3H3/b14-11-,21-18-,23-20-,25-22-,28-27-,31-30-. The Hall–Kier alpha value is -3.15. The van der Waals surface area contributed by atoms with E-state index in [1.165, 1.54) is 116 Å². The van der Waals surface area contributed by atoms with Gasteiger partial charge in [0.05, 0.1) is 0 Å². The maximum atomic E-state index is 12.8. The van der Waals surface area contributed by atoms with Crippen molar-refractivity contribution in [1.82, 2.24) is 0 Å². The molecule has 0 spiro atoms. The van der Waals surface area contributed by atoms with E-state index >= 15 is 0 Å². The van der Waals surface area contributed by atoms with Gasteiger partial charge in [-0.3, -0.25) is 14.4 Å². The van der Waals surface area contributed by atoms with Crippen molar-refractivity contribution in [3.63, 3.8) is 0 Å². The van der Waals surface area contributed by atoms with Gasteiger partial charge >= 0.3 is 17.9 Å². The van der Waals surface area contributed by atoms with Crippen molar-refractivity contribution in [2.75, 3.05) is 13.2 Å².